The van der Waals surface area contributed by atoms with Gasteiger partial charge >= 0.3 is 0 Å². The van der Waals surface area contributed by atoms with Crippen molar-refractivity contribution in [2.24, 2.45) is 0 Å². The van der Waals surface area contributed by atoms with Crippen molar-refractivity contribution in [3.05, 3.63) is 24.3 Å². The molecule has 1 N–H and O–H groups in total. The van der Waals surface area contributed by atoms with Gasteiger partial charge in [-0.3, -0.25) is 4.90 Å². The summed E-state index contributed by atoms with van der Waals surface area (Å²) in [5.41, 5.74) is 1.16. The van der Waals surface area contributed by atoms with Crippen molar-refractivity contribution in [2.75, 3.05) is 65.4 Å². The standard InChI is InChI=1S/C16H27N3O2.C2H6/c1-17(2)12-14(20)13-18-8-10-19(11-9-18)15-6-4-5-7-16(15)21-3;1-2/h4-7,14,20H,8-13H2,1-3H3;1-2H3/t14-;/m0./s1. The molecule has 0 aromatic heterocycles. The molecular formula is C18H33N3O2. The first-order valence-corrected chi connectivity index (χ1v) is 8.53. The van der Waals surface area contributed by atoms with Crippen molar-refractivity contribution in [1.29, 1.82) is 0 Å². The number of hydrogen-bond acceptors (Lipinski definition) is 5. The third-order valence-corrected chi connectivity index (χ3v) is 3.84. The van der Waals surface area contributed by atoms with E-state index in [1.165, 1.54) is 0 Å². The lowest BCUT2D eigenvalue weighted by atomic mass is 10.2. The number of likely N-dealkylation sites (N-methyl/N-ethyl adjacent to an activating group) is 1. The normalized spacial score (nSPS) is 16.7. The van der Waals surface area contributed by atoms with E-state index in [-0.39, 0.29) is 6.10 Å². The predicted octanol–water partition coefficient (Wildman–Crippen LogP) is 1.77. The smallest absolute Gasteiger partial charge is 0.142 e. The zero-order valence-electron chi connectivity index (χ0n) is 15.3. The molecule has 2 rings (SSSR count). The second-order valence-electron chi connectivity index (χ2n) is 5.88. The highest BCUT2D eigenvalue weighted by molar-refractivity contribution is 5.58. The van der Waals surface area contributed by atoms with Crippen molar-refractivity contribution in [2.45, 2.75) is 20.0 Å². The third kappa shape index (κ3) is 6.37. The first kappa shape index (κ1) is 19.7. The quantitative estimate of drug-likeness (QED) is 0.864. The minimum Gasteiger partial charge on any atom is -0.495 e. The molecule has 1 aromatic rings. The molecule has 0 unspecified atom stereocenters. The molecule has 1 aromatic carbocycles. The van der Waals surface area contributed by atoms with E-state index in [4.69, 9.17) is 4.74 Å². The van der Waals surface area contributed by atoms with Gasteiger partial charge in [-0.25, -0.2) is 0 Å². The summed E-state index contributed by atoms with van der Waals surface area (Å²) in [5, 5.41) is 10.0. The van der Waals surface area contributed by atoms with Gasteiger partial charge in [0.15, 0.2) is 0 Å². The second kappa shape index (κ2) is 10.5. The second-order valence-corrected chi connectivity index (χ2v) is 5.88. The predicted molar refractivity (Wildman–Crippen MR) is 97.6 cm³/mol. The van der Waals surface area contributed by atoms with E-state index in [9.17, 15) is 5.11 Å². The minimum absolute atomic E-state index is 0.280. The Balaban J connectivity index is 0.00000127. The van der Waals surface area contributed by atoms with Crippen LogP contribution in [-0.4, -0.2) is 81.5 Å². The summed E-state index contributed by atoms with van der Waals surface area (Å²) < 4.78 is 5.43. The summed E-state index contributed by atoms with van der Waals surface area (Å²) in [4.78, 5) is 6.71. The van der Waals surface area contributed by atoms with E-state index >= 15 is 0 Å². The maximum absolute atomic E-state index is 10.0. The summed E-state index contributed by atoms with van der Waals surface area (Å²) in [6, 6.07) is 8.15. The maximum Gasteiger partial charge on any atom is 0.142 e. The number of nitrogens with zero attached hydrogens (tertiary/aromatic N) is 3. The van der Waals surface area contributed by atoms with Gasteiger partial charge in [-0.05, 0) is 26.2 Å². The Morgan fingerprint density at radius 1 is 1.13 bits per heavy atom. The zero-order valence-corrected chi connectivity index (χ0v) is 15.3. The summed E-state index contributed by atoms with van der Waals surface area (Å²) in [6.45, 7) is 9.35. The first-order chi connectivity index (χ1) is 11.1. The van der Waals surface area contributed by atoms with Crippen LogP contribution in [0.3, 0.4) is 0 Å². The highest BCUT2D eigenvalue weighted by Crippen LogP contribution is 2.28. The Morgan fingerprint density at radius 3 is 2.30 bits per heavy atom. The molecule has 132 valence electrons. The van der Waals surface area contributed by atoms with Gasteiger partial charge in [0.25, 0.3) is 0 Å². The lowest BCUT2D eigenvalue weighted by molar-refractivity contribution is 0.0860. The minimum atomic E-state index is -0.280. The molecule has 1 saturated heterocycles. The number of piperazine rings is 1. The Kier molecular flexibility index (Phi) is 8.99. The van der Waals surface area contributed by atoms with E-state index in [2.05, 4.69) is 15.9 Å². The Bertz CT molecular complexity index is 432. The SMILES string of the molecule is CC.COc1ccccc1N1CCN(C[C@@H](O)CN(C)C)CC1. The number of aliphatic hydroxyl groups is 1. The third-order valence-electron chi connectivity index (χ3n) is 3.84. The molecule has 1 fully saturated rings. The number of aliphatic hydroxyl groups excluding tert-OH is 1. The first-order valence-electron chi connectivity index (χ1n) is 8.53. The number of benzene rings is 1. The van der Waals surface area contributed by atoms with Crippen LogP contribution in [0, 0.1) is 0 Å². The molecule has 23 heavy (non-hydrogen) atoms. The molecule has 0 bridgehead atoms. The molecule has 5 nitrogen and oxygen atoms in total. The van der Waals surface area contributed by atoms with Crippen molar-refractivity contribution < 1.29 is 9.84 Å². The van der Waals surface area contributed by atoms with Gasteiger partial charge in [0.05, 0.1) is 18.9 Å². The summed E-state index contributed by atoms with van der Waals surface area (Å²) in [7, 11) is 5.69. The number of rotatable bonds is 6. The molecule has 0 amide bonds. The average Bonchev–Trinajstić information content (AvgIpc) is 2.56. The van der Waals surface area contributed by atoms with Gasteiger partial charge in [-0.15, -0.1) is 0 Å². The molecular weight excluding hydrogens is 290 g/mol. The highest BCUT2D eigenvalue weighted by Gasteiger charge is 2.21. The van der Waals surface area contributed by atoms with E-state index in [0.29, 0.717) is 6.54 Å². The average molecular weight is 323 g/mol. The molecule has 0 radical (unpaired) electrons. The van der Waals surface area contributed by atoms with E-state index < -0.39 is 0 Å². The van der Waals surface area contributed by atoms with Crippen LogP contribution in [0.15, 0.2) is 24.3 Å². The molecule has 1 atom stereocenters. The van der Waals surface area contributed by atoms with Crippen LogP contribution in [0.4, 0.5) is 5.69 Å². The van der Waals surface area contributed by atoms with Gasteiger partial charge in [0.1, 0.15) is 5.75 Å². The number of anilines is 1. The van der Waals surface area contributed by atoms with Crippen molar-refractivity contribution in [3.8, 4) is 5.75 Å². The molecule has 0 spiro atoms. The fourth-order valence-electron chi connectivity index (χ4n) is 2.84. The lowest BCUT2D eigenvalue weighted by Gasteiger charge is -2.37. The van der Waals surface area contributed by atoms with Crippen molar-refractivity contribution in [3.63, 3.8) is 0 Å². The Labute approximate surface area is 141 Å². The van der Waals surface area contributed by atoms with E-state index in [1.807, 2.05) is 51.0 Å². The largest absolute Gasteiger partial charge is 0.495 e. The fraction of sp³-hybridized carbons (Fsp3) is 0.667. The molecule has 0 saturated carbocycles. The summed E-state index contributed by atoms with van der Waals surface area (Å²) in [5.74, 6) is 0.929. The van der Waals surface area contributed by atoms with E-state index in [0.717, 1.165) is 44.2 Å². The lowest BCUT2D eigenvalue weighted by Crippen LogP contribution is -2.49. The zero-order chi connectivity index (χ0) is 17.2. The van der Waals surface area contributed by atoms with Crippen LogP contribution in [-0.2, 0) is 0 Å². The van der Waals surface area contributed by atoms with Crippen molar-refractivity contribution in [1.82, 2.24) is 9.80 Å². The summed E-state index contributed by atoms with van der Waals surface area (Å²) >= 11 is 0. The van der Waals surface area contributed by atoms with Crippen LogP contribution >= 0.6 is 0 Å². The molecule has 1 heterocycles. The Morgan fingerprint density at radius 2 is 1.74 bits per heavy atom. The van der Waals surface area contributed by atoms with Gasteiger partial charge in [-0.1, -0.05) is 26.0 Å². The van der Waals surface area contributed by atoms with Gasteiger partial charge in [0.2, 0.25) is 0 Å². The molecule has 1 aliphatic rings. The van der Waals surface area contributed by atoms with Crippen molar-refractivity contribution >= 4 is 5.69 Å². The van der Waals surface area contributed by atoms with Crippen LogP contribution in [0.25, 0.3) is 0 Å². The topological polar surface area (TPSA) is 39.2 Å². The molecule has 5 heteroatoms. The monoisotopic (exact) mass is 323 g/mol. The van der Waals surface area contributed by atoms with Gasteiger partial charge < -0.3 is 19.6 Å². The number of methoxy groups -OCH3 is 1. The van der Waals surface area contributed by atoms with E-state index in [1.54, 1.807) is 7.11 Å². The van der Waals surface area contributed by atoms with Crippen LogP contribution in [0.1, 0.15) is 13.8 Å². The fourth-order valence-corrected chi connectivity index (χ4v) is 2.84. The summed E-state index contributed by atoms with van der Waals surface area (Å²) in [6.07, 6.45) is -0.280. The number of β-amino-alcohol motifs (C(OH)–C–C–N with tert-alkyl or cyclic N) is 1. The number of para-hydroxylation sites is 2. The maximum atomic E-state index is 10.0. The van der Waals surface area contributed by atoms with Crippen LogP contribution < -0.4 is 9.64 Å². The van der Waals surface area contributed by atoms with Gasteiger partial charge in [-0.2, -0.15) is 0 Å². The molecule has 0 aliphatic carbocycles. The van der Waals surface area contributed by atoms with Crippen LogP contribution in [0.2, 0.25) is 0 Å². The van der Waals surface area contributed by atoms with Crippen LogP contribution in [0.5, 0.6) is 5.75 Å². The number of ether oxygens (including phenoxy) is 1. The van der Waals surface area contributed by atoms with Gasteiger partial charge in [0, 0.05) is 39.3 Å². The number of hydrogen-bond donors (Lipinski definition) is 1. The highest BCUT2D eigenvalue weighted by atomic mass is 16.5. The molecule has 1 aliphatic heterocycles. The Hall–Kier alpha value is -1.30.